The first-order valence-electron chi connectivity index (χ1n) is 20.6. The third kappa shape index (κ3) is 7.38. The van der Waals surface area contributed by atoms with Crippen molar-refractivity contribution in [2.45, 2.75) is 119 Å². The van der Waals surface area contributed by atoms with Crippen LogP contribution in [0.25, 0.3) is 11.1 Å². The lowest BCUT2D eigenvalue weighted by Crippen LogP contribution is -2.43. The van der Waals surface area contributed by atoms with Crippen molar-refractivity contribution in [2.24, 2.45) is 0 Å². The van der Waals surface area contributed by atoms with Gasteiger partial charge < -0.3 is 9.80 Å². The van der Waals surface area contributed by atoms with Crippen LogP contribution in [0.4, 0.5) is 34.1 Å². The maximum absolute atomic E-state index is 3.70. The Morgan fingerprint density at radius 2 is 0.672 bits per heavy atom. The molecule has 1 aliphatic rings. The predicted molar refractivity (Wildman–Crippen MR) is 259 cm³/mol. The molecule has 0 N–H and O–H groups in total. The Balaban J connectivity index is 1.42. The first-order chi connectivity index (χ1) is 27.0. The minimum Gasteiger partial charge on any atom is -0.310 e. The summed E-state index contributed by atoms with van der Waals surface area (Å²) in [5, 5.41) is 0. The molecule has 6 aromatic carbocycles. The van der Waals surface area contributed by atoms with E-state index in [1.807, 2.05) is 0 Å². The molecule has 0 heterocycles. The summed E-state index contributed by atoms with van der Waals surface area (Å²) in [5.41, 5.74) is 20.0. The molecule has 0 bridgehead atoms. The molecule has 0 radical (unpaired) electrons. The van der Waals surface area contributed by atoms with Crippen LogP contribution in [0, 0.1) is 27.7 Å². The van der Waals surface area contributed by atoms with Crippen LogP contribution in [-0.4, -0.2) is 0 Å². The van der Waals surface area contributed by atoms with Crippen LogP contribution in [0.2, 0.25) is 0 Å². The van der Waals surface area contributed by atoms with Crippen molar-refractivity contribution in [3.63, 3.8) is 0 Å². The second kappa shape index (κ2) is 14.9. The summed E-state index contributed by atoms with van der Waals surface area (Å²) in [4.78, 5) is 4.94. The highest BCUT2D eigenvalue weighted by Gasteiger charge is 2.46. The van der Waals surface area contributed by atoms with E-state index in [9.17, 15) is 0 Å². The van der Waals surface area contributed by atoms with E-state index < -0.39 is 0 Å². The van der Waals surface area contributed by atoms with E-state index in [4.69, 9.17) is 0 Å². The van der Waals surface area contributed by atoms with E-state index in [1.54, 1.807) is 0 Å². The molecule has 0 atom stereocenters. The standard InChI is InChI=1S/C54H60Br2N2/c1-33-27-37(51(5,6)7)28-34(2)49(33)57(41-19-15-39(55)16-20-41)43-23-25-45-46-26-24-44(32-48(46)54(13,14)53(11,12)47(45)31-43)58(42-21-17-40(56)18-22-42)50-35(3)29-38(30-36(50)4)52(8,9)10/h15-32H,1-14H3. The van der Waals surface area contributed by atoms with Gasteiger partial charge in [0.1, 0.15) is 0 Å². The normalized spacial score (nSPS) is 14.5. The molecule has 2 nitrogen and oxygen atoms in total. The smallest absolute Gasteiger partial charge is 0.0520 e. The topological polar surface area (TPSA) is 6.48 Å². The van der Waals surface area contributed by atoms with E-state index in [0.29, 0.717) is 0 Å². The number of benzene rings is 6. The largest absolute Gasteiger partial charge is 0.310 e. The fourth-order valence-corrected chi connectivity index (χ4v) is 9.53. The number of hydrogen-bond acceptors (Lipinski definition) is 2. The van der Waals surface area contributed by atoms with Gasteiger partial charge in [0, 0.05) is 31.7 Å². The number of aryl methyl sites for hydroxylation is 4. The van der Waals surface area contributed by atoms with E-state index in [-0.39, 0.29) is 21.7 Å². The first-order valence-corrected chi connectivity index (χ1v) is 22.2. The molecular weight excluding hydrogens is 836 g/mol. The molecule has 0 unspecified atom stereocenters. The van der Waals surface area contributed by atoms with E-state index in [0.717, 1.165) is 20.3 Å². The molecule has 0 amide bonds. The second-order valence-electron chi connectivity index (χ2n) is 19.8. The van der Waals surface area contributed by atoms with Crippen molar-refractivity contribution in [3.05, 3.63) is 163 Å². The Hall–Kier alpha value is -4.12. The highest BCUT2D eigenvalue weighted by molar-refractivity contribution is 9.10. The van der Waals surface area contributed by atoms with Gasteiger partial charge in [0.25, 0.3) is 0 Å². The lowest BCUT2D eigenvalue weighted by Gasteiger charge is -2.49. The summed E-state index contributed by atoms with van der Waals surface area (Å²) in [6.07, 6.45) is 0. The van der Waals surface area contributed by atoms with Crippen LogP contribution in [0.3, 0.4) is 0 Å². The summed E-state index contributed by atoms with van der Waals surface area (Å²) in [6, 6.07) is 41.4. The van der Waals surface area contributed by atoms with E-state index >= 15 is 0 Å². The average molecular weight is 897 g/mol. The van der Waals surface area contributed by atoms with Crippen LogP contribution >= 0.6 is 31.9 Å². The van der Waals surface area contributed by atoms with Gasteiger partial charge in [-0.3, -0.25) is 0 Å². The van der Waals surface area contributed by atoms with Crippen molar-refractivity contribution in [2.75, 3.05) is 9.80 Å². The number of hydrogen-bond donors (Lipinski definition) is 0. The number of halogens is 2. The van der Waals surface area contributed by atoms with Gasteiger partial charge in [-0.1, -0.05) is 137 Å². The fourth-order valence-electron chi connectivity index (χ4n) is 9.00. The zero-order valence-corrected chi connectivity index (χ0v) is 40.2. The monoisotopic (exact) mass is 894 g/mol. The zero-order valence-electron chi connectivity index (χ0n) is 37.0. The van der Waals surface area contributed by atoms with Crippen LogP contribution in [0.5, 0.6) is 0 Å². The maximum atomic E-state index is 3.70. The molecule has 6 aromatic rings. The first kappa shape index (κ1) is 42.0. The minimum atomic E-state index is -0.196. The average Bonchev–Trinajstić information content (AvgIpc) is 3.14. The highest BCUT2D eigenvalue weighted by Crippen LogP contribution is 2.56. The summed E-state index contributed by atoms with van der Waals surface area (Å²) in [5.74, 6) is 0. The second-order valence-corrected chi connectivity index (χ2v) is 21.6. The van der Waals surface area contributed by atoms with Gasteiger partial charge in [-0.05, 0) is 178 Å². The summed E-state index contributed by atoms with van der Waals surface area (Å²) in [7, 11) is 0. The SMILES string of the molecule is Cc1cc(C(C)(C)C)cc(C)c1N(c1ccc(Br)cc1)c1ccc2c(c1)C(C)(C)C(C)(C)c1cc(N(c3ccc(Br)cc3)c3c(C)cc(C(C)(C)C)cc3C)ccc1-2. The molecule has 4 heteroatoms. The van der Waals surface area contributed by atoms with Crippen molar-refractivity contribution >= 4 is 66.0 Å². The summed E-state index contributed by atoms with van der Waals surface area (Å²) >= 11 is 7.39. The van der Waals surface area contributed by atoms with Gasteiger partial charge in [-0.2, -0.15) is 0 Å². The van der Waals surface area contributed by atoms with Gasteiger partial charge in [-0.25, -0.2) is 0 Å². The number of fused-ring (bicyclic) bond motifs is 3. The van der Waals surface area contributed by atoms with Crippen molar-refractivity contribution < 1.29 is 0 Å². The quantitative estimate of drug-likeness (QED) is 0.164. The number of nitrogens with zero attached hydrogens (tertiary/aromatic N) is 2. The Labute approximate surface area is 366 Å². The minimum absolute atomic E-state index is 0.0645. The van der Waals surface area contributed by atoms with Gasteiger partial charge in [0.05, 0.1) is 11.4 Å². The van der Waals surface area contributed by atoms with Crippen LogP contribution in [-0.2, 0) is 21.7 Å². The molecule has 7 rings (SSSR count). The number of anilines is 6. The summed E-state index contributed by atoms with van der Waals surface area (Å²) < 4.78 is 2.14. The van der Waals surface area contributed by atoms with E-state index in [2.05, 4.69) is 248 Å². The molecule has 0 fully saturated rings. The van der Waals surface area contributed by atoms with Gasteiger partial charge in [0.15, 0.2) is 0 Å². The van der Waals surface area contributed by atoms with Crippen LogP contribution in [0.15, 0.2) is 118 Å². The third-order valence-electron chi connectivity index (χ3n) is 13.1. The van der Waals surface area contributed by atoms with Gasteiger partial charge in [-0.15, -0.1) is 0 Å². The Kier molecular flexibility index (Phi) is 10.8. The summed E-state index contributed by atoms with van der Waals surface area (Å²) in [6.45, 7) is 32.6. The lowest BCUT2D eigenvalue weighted by molar-refractivity contribution is 0.299. The zero-order chi connectivity index (χ0) is 42.3. The van der Waals surface area contributed by atoms with Crippen LogP contribution in [0.1, 0.15) is 114 Å². The molecular formula is C54H60Br2N2. The molecule has 0 saturated carbocycles. The third-order valence-corrected chi connectivity index (χ3v) is 14.1. The molecule has 300 valence electrons. The number of rotatable bonds is 6. The van der Waals surface area contributed by atoms with Crippen molar-refractivity contribution in [3.8, 4) is 11.1 Å². The van der Waals surface area contributed by atoms with Gasteiger partial charge >= 0.3 is 0 Å². The Morgan fingerprint density at radius 3 is 0.948 bits per heavy atom. The van der Waals surface area contributed by atoms with Crippen LogP contribution < -0.4 is 9.80 Å². The molecule has 0 aliphatic heterocycles. The molecule has 58 heavy (non-hydrogen) atoms. The fraction of sp³-hybridized carbons (Fsp3) is 0.333. The maximum Gasteiger partial charge on any atom is 0.0520 e. The lowest BCUT2D eigenvalue weighted by atomic mass is 9.55. The van der Waals surface area contributed by atoms with Crippen molar-refractivity contribution in [1.82, 2.24) is 0 Å². The Morgan fingerprint density at radius 1 is 0.397 bits per heavy atom. The highest BCUT2D eigenvalue weighted by atomic mass is 79.9. The molecule has 0 spiro atoms. The molecule has 1 aliphatic carbocycles. The molecule has 0 aromatic heterocycles. The predicted octanol–water partition coefficient (Wildman–Crippen LogP) is 17.2. The van der Waals surface area contributed by atoms with E-state index in [1.165, 1.54) is 78.4 Å². The molecule has 0 saturated heterocycles. The van der Waals surface area contributed by atoms with Gasteiger partial charge in [0.2, 0.25) is 0 Å². The Bertz CT molecular complexity index is 2300. The van der Waals surface area contributed by atoms with Crippen molar-refractivity contribution in [1.29, 1.82) is 0 Å².